The van der Waals surface area contributed by atoms with Crippen LogP contribution in [-0.2, 0) is 4.79 Å². The molecule has 1 saturated heterocycles. The van der Waals surface area contributed by atoms with Crippen molar-refractivity contribution in [3.63, 3.8) is 0 Å². The molecule has 122 valence electrons. The lowest BCUT2D eigenvalue weighted by Gasteiger charge is -2.19. The van der Waals surface area contributed by atoms with Crippen LogP contribution in [0.15, 0.2) is 24.3 Å². The smallest absolute Gasteiger partial charge is 0.223 e. The number of Topliss-reactive ketones (excluding diaryl/α,β-unsaturated/α-hetero) is 1. The molecule has 5 nitrogen and oxygen atoms in total. The first-order valence-corrected chi connectivity index (χ1v) is 7.36. The molecule has 22 heavy (non-hydrogen) atoms. The molecule has 2 rings (SSSR count). The Balaban J connectivity index is 0.00000242. The van der Waals surface area contributed by atoms with Crippen LogP contribution in [0.3, 0.4) is 0 Å². The fourth-order valence-corrected chi connectivity index (χ4v) is 2.39. The van der Waals surface area contributed by atoms with Crippen molar-refractivity contribution in [3.8, 4) is 5.75 Å². The first-order valence-electron chi connectivity index (χ1n) is 7.36. The van der Waals surface area contributed by atoms with Gasteiger partial charge in [0.2, 0.25) is 5.91 Å². The van der Waals surface area contributed by atoms with Crippen molar-refractivity contribution in [2.24, 2.45) is 0 Å². The number of amides is 1. The van der Waals surface area contributed by atoms with Crippen LogP contribution in [0.25, 0.3) is 0 Å². The molecule has 1 aliphatic rings. The highest BCUT2D eigenvalue weighted by Crippen LogP contribution is 2.14. The largest absolute Gasteiger partial charge is 0.497 e. The van der Waals surface area contributed by atoms with E-state index in [0.717, 1.165) is 38.3 Å². The average Bonchev–Trinajstić information content (AvgIpc) is 2.81. The van der Waals surface area contributed by atoms with Gasteiger partial charge in [0, 0.05) is 38.0 Å². The highest BCUT2D eigenvalue weighted by atomic mass is 35.5. The first kappa shape index (κ1) is 18.5. The van der Waals surface area contributed by atoms with E-state index < -0.39 is 0 Å². The van der Waals surface area contributed by atoms with Crippen molar-refractivity contribution < 1.29 is 14.3 Å². The highest BCUT2D eigenvalue weighted by Gasteiger charge is 2.16. The number of rotatable bonds is 5. The number of carbonyl (C=O) groups excluding carboxylic acids is 2. The Kier molecular flexibility index (Phi) is 7.91. The maximum atomic E-state index is 12.1. The van der Waals surface area contributed by atoms with Crippen LogP contribution in [0.1, 0.15) is 29.6 Å². The van der Waals surface area contributed by atoms with E-state index in [9.17, 15) is 9.59 Å². The van der Waals surface area contributed by atoms with Crippen LogP contribution in [0, 0.1) is 0 Å². The molecule has 1 aliphatic heterocycles. The molecule has 6 heteroatoms. The van der Waals surface area contributed by atoms with Gasteiger partial charge in [0.15, 0.2) is 5.78 Å². The van der Waals surface area contributed by atoms with Gasteiger partial charge >= 0.3 is 0 Å². The van der Waals surface area contributed by atoms with Gasteiger partial charge in [0.25, 0.3) is 0 Å². The summed E-state index contributed by atoms with van der Waals surface area (Å²) in [6, 6.07) is 6.99. The lowest BCUT2D eigenvalue weighted by atomic mass is 10.1. The molecule has 1 N–H and O–H groups in total. The van der Waals surface area contributed by atoms with E-state index in [2.05, 4.69) is 5.32 Å². The van der Waals surface area contributed by atoms with Crippen molar-refractivity contribution >= 4 is 24.1 Å². The average molecular weight is 327 g/mol. The Hall–Kier alpha value is -1.59. The van der Waals surface area contributed by atoms with Crippen LogP contribution in [0.4, 0.5) is 0 Å². The topological polar surface area (TPSA) is 58.6 Å². The Morgan fingerprint density at radius 2 is 1.86 bits per heavy atom. The first-order chi connectivity index (χ1) is 10.2. The summed E-state index contributed by atoms with van der Waals surface area (Å²) in [5.74, 6) is 0.791. The third kappa shape index (κ3) is 5.31. The van der Waals surface area contributed by atoms with Crippen molar-refractivity contribution in [2.45, 2.75) is 19.3 Å². The van der Waals surface area contributed by atoms with Gasteiger partial charge in [-0.2, -0.15) is 0 Å². The van der Waals surface area contributed by atoms with E-state index in [0.29, 0.717) is 5.56 Å². The van der Waals surface area contributed by atoms with Crippen LogP contribution in [0.2, 0.25) is 0 Å². The number of methoxy groups -OCH3 is 1. The second-order valence-corrected chi connectivity index (χ2v) is 5.14. The van der Waals surface area contributed by atoms with Crippen molar-refractivity contribution in [1.82, 2.24) is 10.2 Å². The zero-order valence-electron chi connectivity index (χ0n) is 12.8. The minimum atomic E-state index is -0.000972. The zero-order chi connectivity index (χ0) is 15.1. The number of benzene rings is 1. The monoisotopic (exact) mass is 326 g/mol. The Bertz CT molecular complexity index is 483. The summed E-state index contributed by atoms with van der Waals surface area (Å²) >= 11 is 0. The van der Waals surface area contributed by atoms with Gasteiger partial charge in [-0.25, -0.2) is 0 Å². The standard InChI is InChI=1S/C16H22N2O3.ClH/c1-21-14-5-3-13(4-6-14)15(19)7-8-16(20)18-11-2-9-17-10-12-18;/h3-6,17H,2,7-12H2,1H3;1H. The highest BCUT2D eigenvalue weighted by molar-refractivity contribution is 5.98. The summed E-state index contributed by atoms with van der Waals surface area (Å²) in [6.07, 6.45) is 1.51. The number of ether oxygens (including phenoxy) is 1. The van der Waals surface area contributed by atoms with Gasteiger partial charge in [0.1, 0.15) is 5.75 Å². The normalized spacial score (nSPS) is 14.7. The van der Waals surface area contributed by atoms with Gasteiger partial charge in [-0.15, -0.1) is 12.4 Å². The summed E-state index contributed by atoms with van der Waals surface area (Å²) in [6.45, 7) is 3.30. The van der Waals surface area contributed by atoms with Crippen molar-refractivity contribution in [2.75, 3.05) is 33.3 Å². The second-order valence-electron chi connectivity index (χ2n) is 5.14. The lowest BCUT2D eigenvalue weighted by Crippen LogP contribution is -2.34. The maximum Gasteiger partial charge on any atom is 0.223 e. The molecule has 0 unspecified atom stereocenters. The van der Waals surface area contributed by atoms with Crippen molar-refractivity contribution in [3.05, 3.63) is 29.8 Å². The van der Waals surface area contributed by atoms with Gasteiger partial charge < -0.3 is 15.0 Å². The quantitative estimate of drug-likeness (QED) is 0.840. The summed E-state index contributed by atoms with van der Waals surface area (Å²) in [5, 5.41) is 3.26. The summed E-state index contributed by atoms with van der Waals surface area (Å²) < 4.78 is 5.06. The minimum Gasteiger partial charge on any atom is -0.497 e. The summed E-state index contributed by atoms with van der Waals surface area (Å²) in [7, 11) is 1.59. The van der Waals surface area contributed by atoms with Gasteiger partial charge in [-0.3, -0.25) is 9.59 Å². The molecule has 1 fully saturated rings. The summed E-state index contributed by atoms with van der Waals surface area (Å²) in [4.78, 5) is 26.0. The van der Waals surface area contributed by atoms with Crippen LogP contribution >= 0.6 is 12.4 Å². The van der Waals surface area contributed by atoms with Gasteiger partial charge in [-0.05, 0) is 37.2 Å². The lowest BCUT2D eigenvalue weighted by molar-refractivity contribution is -0.130. The molecular formula is C16H23ClN2O3. The van der Waals surface area contributed by atoms with Gasteiger partial charge in [-0.1, -0.05) is 0 Å². The van der Waals surface area contributed by atoms with Crippen molar-refractivity contribution in [1.29, 1.82) is 0 Å². The molecule has 0 radical (unpaired) electrons. The molecule has 1 aromatic rings. The van der Waals surface area contributed by atoms with Crippen LogP contribution < -0.4 is 10.1 Å². The summed E-state index contributed by atoms with van der Waals surface area (Å²) in [5.41, 5.74) is 0.626. The van der Waals surface area contributed by atoms with Crippen LogP contribution in [0.5, 0.6) is 5.75 Å². The maximum absolute atomic E-state index is 12.1. The number of ketones is 1. The zero-order valence-corrected chi connectivity index (χ0v) is 13.7. The molecule has 0 atom stereocenters. The van der Waals surface area contributed by atoms with E-state index in [4.69, 9.17) is 4.74 Å². The minimum absolute atomic E-state index is 0. The molecular weight excluding hydrogens is 304 g/mol. The molecule has 0 aromatic heterocycles. The van der Waals surface area contributed by atoms with E-state index >= 15 is 0 Å². The number of hydrogen-bond acceptors (Lipinski definition) is 4. The number of nitrogens with zero attached hydrogens (tertiary/aromatic N) is 1. The number of carbonyl (C=O) groups is 2. The number of halogens is 1. The third-order valence-electron chi connectivity index (χ3n) is 3.67. The predicted molar refractivity (Wildman–Crippen MR) is 87.9 cm³/mol. The molecule has 1 heterocycles. The number of nitrogens with one attached hydrogen (secondary N) is 1. The predicted octanol–water partition coefficient (Wildman–Crippen LogP) is 1.90. The van der Waals surface area contributed by atoms with Gasteiger partial charge in [0.05, 0.1) is 7.11 Å². The molecule has 1 aromatic carbocycles. The van der Waals surface area contributed by atoms with E-state index in [1.165, 1.54) is 0 Å². The fourth-order valence-electron chi connectivity index (χ4n) is 2.39. The second kappa shape index (κ2) is 9.43. The Morgan fingerprint density at radius 3 is 2.55 bits per heavy atom. The fraction of sp³-hybridized carbons (Fsp3) is 0.500. The third-order valence-corrected chi connectivity index (χ3v) is 3.67. The van der Waals surface area contributed by atoms with E-state index in [-0.39, 0.29) is 36.9 Å². The molecule has 0 bridgehead atoms. The molecule has 0 saturated carbocycles. The molecule has 0 spiro atoms. The molecule has 1 amide bonds. The Labute approximate surface area is 137 Å². The van der Waals surface area contributed by atoms with E-state index in [1.54, 1.807) is 31.4 Å². The number of hydrogen-bond donors (Lipinski definition) is 1. The SMILES string of the molecule is COc1ccc(C(=O)CCC(=O)N2CCCNCC2)cc1.Cl. The Morgan fingerprint density at radius 1 is 1.14 bits per heavy atom. The molecule has 0 aliphatic carbocycles. The van der Waals surface area contributed by atoms with Crippen LogP contribution in [-0.4, -0.2) is 49.9 Å². The van der Waals surface area contributed by atoms with E-state index in [1.807, 2.05) is 4.90 Å².